The summed E-state index contributed by atoms with van der Waals surface area (Å²) in [7, 11) is 1.75. The maximum Gasteiger partial charge on any atom is 0.339 e. The molecule has 0 aliphatic rings. The van der Waals surface area contributed by atoms with Gasteiger partial charge in [-0.3, -0.25) is 9.48 Å². The first-order valence-corrected chi connectivity index (χ1v) is 6.55. The van der Waals surface area contributed by atoms with Crippen molar-refractivity contribution in [3.05, 3.63) is 40.6 Å². The molecule has 0 radical (unpaired) electrons. The Balaban J connectivity index is 2.07. The Kier molecular flexibility index (Phi) is 4.11. The molecule has 1 amide bonds. The molecule has 2 N–H and O–H groups in total. The second-order valence-corrected chi connectivity index (χ2v) is 4.69. The molecular formula is C14H17N3O4. The molecule has 0 atom stereocenters. The maximum absolute atomic E-state index is 12.1. The average molecular weight is 291 g/mol. The number of rotatable bonds is 5. The highest BCUT2D eigenvalue weighted by atomic mass is 16.4. The van der Waals surface area contributed by atoms with Gasteiger partial charge in [0, 0.05) is 13.2 Å². The normalized spacial score (nSPS) is 10.6. The number of furan rings is 1. The van der Waals surface area contributed by atoms with Gasteiger partial charge in [-0.05, 0) is 19.4 Å². The standard InChI is InChI=1S/C14H17N3O4/c1-4-12-11(7-17(3)16-12)13(18)15-6-9-5-10(14(19)20)8(2)21-9/h5,7H,4,6H2,1-3H3,(H,15,18)(H,19,20). The number of carboxylic acids is 1. The van der Waals surface area contributed by atoms with Crippen molar-refractivity contribution >= 4 is 11.9 Å². The SMILES string of the molecule is CCc1nn(C)cc1C(=O)NCc1cc(C(=O)O)c(C)o1. The van der Waals surface area contributed by atoms with Gasteiger partial charge in [-0.1, -0.05) is 6.92 Å². The molecule has 0 spiro atoms. The third kappa shape index (κ3) is 3.13. The number of nitrogens with one attached hydrogen (secondary N) is 1. The van der Waals surface area contributed by atoms with E-state index in [1.54, 1.807) is 24.9 Å². The van der Waals surface area contributed by atoms with Crippen LogP contribution in [-0.2, 0) is 20.0 Å². The van der Waals surface area contributed by atoms with Gasteiger partial charge in [-0.25, -0.2) is 4.79 Å². The fourth-order valence-corrected chi connectivity index (χ4v) is 2.09. The summed E-state index contributed by atoms with van der Waals surface area (Å²) >= 11 is 0. The van der Waals surface area contributed by atoms with Crippen molar-refractivity contribution in [1.29, 1.82) is 0 Å². The van der Waals surface area contributed by atoms with Gasteiger partial charge in [0.25, 0.3) is 5.91 Å². The van der Waals surface area contributed by atoms with Crippen molar-refractivity contribution in [3.8, 4) is 0 Å². The number of aromatic nitrogens is 2. The molecule has 7 heteroatoms. The third-order valence-electron chi connectivity index (χ3n) is 3.11. The molecule has 2 heterocycles. The summed E-state index contributed by atoms with van der Waals surface area (Å²) < 4.78 is 6.90. The summed E-state index contributed by atoms with van der Waals surface area (Å²) in [5.41, 5.74) is 1.34. The minimum atomic E-state index is -1.05. The zero-order valence-corrected chi connectivity index (χ0v) is 12.1. The molecule has 0 saturated heterocycles. The predicted molar refractivity (Wildman–Crippen MR) is 74.2 cm³/mol. The van der Waals surface area contributed by atoms with Crippen LogP contribution in [0.3, 0.4) is 0 Å². The van der Waals surface area contributed by atoms with Crippen LogP contribution in [0.4, 0.5) is 0 Å². The second kappa shape index (κ2) is 5.82. The van der Waals surface area contributed by atoms with Gasteiger partial charge < -0.3 is 14.8 Å². The molecule has 0 fully saturated rings. The molecule has 2 aromatic heterocycles. The Morgan fingerprint density at radius 1 is 1.43 bits per heavy atom. The average Bonchev–Trinajstić information content (AvgIpc) is 2.99. The number of carbonyl (C=O) groups is 2. The van der Waals surface area contributed by atoms with Crippen LogP contribution in [0.15, 0.2) is 16.7 Å². The molecule has 0 aromatic carbocycles. The zero-order valence-electron chi connectivity index (χ0n) is 12.1. The van der Waals surface area contributed by atoms with Crippen LogP contribution in [0.25, 0.3) is 0 Å². The number of nitrogens with zero attached hydrogens (tertiary/aromatic N) is 2. The van der Waals surface area contributed by atoms with Crippen LogP contribution < -0.4 is 5.32 Å². The number of carbonyl (C=O) groups excluding carboxylic acids is 1. The Bertz CT molecular complexity index is 684. The van der Waals surface area contributed by atoms with Crippen molar-refractivity contribution in [2.75, 3.05) is 0 Å². The van der Waals surface area contributed by atoms with E-state index in [0.29, 0.717) is 23.5 Å². The Labute approximate surface area is 121 Å². The van der Waals surface area contributed by atoms with Crippen molar-refractivity contribution in [1.82, 2.24) is 15.1 Å². The summed E-state index contributed by atoms with van der Waals surface area (Å²) in [5, 5.41) is 15.9. The summed E-state index contributed by atoms with van der Waals surface area (Å²) in [6.07, 6.45) is 2.32. The van der Waals surface area contributed by atoms with Crippen LogP contribution in [0.1, 0.15) is 44.9 Å². The van der Waals surface area contributed by atoms with Gasteiger partial charge in [-0.2, -0.15) is 5.10 Å². The van der Waals surface area contributed by atoms with Crippen LogP contribution >= 0.6 is 0 Å². The van der Waals surface area contributed by atoms with Crippen LogP contribution in [-0.4, -0.2) is 26.8 Å². The van der Waals surface area contributed by atoms with E-state index >= 15 is 0 Å². The van der Waals surface area contributed by atoms with Crippen LogP contribution in [0.2, 0.25) is 0 Å². The van der Waals surface area contributed by atoms with Gasteiger partial charge >= 0.3 is 5.97 Å². The Morgan fingerprint density at radius 2 is 2.14 bits per heavy atom. The fraction of sp³-hybridized carbons (Fsp3) is 0.357. The monoisotopic (exact) mass is 291 g/mol. The minimum Gasteiger partial charge on any atom is -0.478 e. The van der Waals surface area contributed by atoms with E-state index in [0.717, 1.165) is 5.69 Å². The lowest BCUT2D eigenvalue weighted by molar-refractivity contribution is 0.0694. The van der Waals surface area contributed by atoms with E-state index in [2.05, 4.69) is 10.4 Å². The van der Waals surface area contributed by atoms with Gasteiger partial charge in [0.1, 0.15) is 17.1 Å². The minimum absolute atomic E-state index is 0.106. The van der Waals surface area contributed by atoms with Gasteiger partial charge in [0.2, 0.25) is 0 Å². The molecule has 0 aliphatic heterocycles. The van der Waals surface area contributed by atoms with Crippen LogP contribution in [0.5, 0.6) is 0 Å². The maximum atomic E-state index is 12.1. The molecule has 112 valence electrons. The van der Waals surface area contributed by atoms with E-state index in [-0.39, 0.29) is 18.0 Å². The molecule has 0 unspecified atom stereocenters. The first-order chi connectivity index (χ1) is 9.92. The second-order valence-electron chi connectivity index (χ2n) is 4.69. The number of hydrogen-bond acceptors (Lipinski definition) is 4. The van der Waals surface area contributed by atoms with Crippen molar-refractivity contribution in [2.45, 2.75) is 26.8 Å². The first kappa shape index (κ1) is 14.8. The van der Waals surface area contributed by atoms with E-state index in [4.69, 9.17) is 9.52 Å². The summed E-state index contributed by atoms with van der Waals surface area (Å²) in [5.74, 6) is -0.581. The fourth-order valence-electron chi connectivity index (χ4n) is 2.09. The lowest BCUT2D eigenvalue weighted by Gasteiger charge is -2.02. The highest BCUT2D eigenvalue weighted by Gasteiger charge is 2.17. The molecule has 0 aliphatic carbocycles. The molecule has 7 nitrogen and oxygen atoms in total. The Morgan fingerprint density at radius 3 is 2.71 bits per heavy atom. The van der Waals surface area contributed by atoms with E-state index < -0.39 is 5.97 Å². The lowest BCUT2D eigenvalue weighted by atomic mass is 10.2. The highest BCUT2D eigenvalue weighted by Crippen LogP contribution is 2.15. The molecule has 0 saturated carbocycles. The van der Waals surface area contributed by atoms with Gasteiger partial charge in [-0.15, -0.1) is 0 Å². The number of amides is 1. The predicted octanol–water partition coefficient (Wildman–Crippen LogP) is 1.51. The smallest absolute Gasteiger partial charge is 0.339 e. The van der Waals surface area contributed by atoms with Gasteiger partial charge in [0.05, 0.1) is 17.8 Å². The third-order valence-corrected chi connectivity index (χ3v) is 3.11. The van der Waals surface area contributed by atoms with E-state index in [9.17, 15) is 9.59 Å². The zero-order chi connectivity index (χ0) is 15.6. The lowest BCUT2D eigenvalue weighted by Crippen LogP contribution is -2.23. The molecular weight excluding hydrogens is 274 g/mol. The number of aryl methyl sites for hydroxylation is 3. The molecule has 21 heavy (non-hydrogen) atoms. The van der Waals surface area contributed by atoms with Crippen LogP contribution in [0, 0.1) is 6.92 Å². The van der Waals surface area contributed by atoms with E-state index in [1.165, 1.54) is 6.07 Å². The molecule has 2 aromatic rings. The number of aromatic carboxylic acids is 1. The van der Waals surface area contributed by atoms with Gasteiger partial charge in [0.15, 0.2) is 0 Å². The number of carboxylic acid groups (broad SMARTS) is 1. The summed E-state index contributed by atoms with van der Waals surface area (Å²) in [6, 6.07) is 1.42. The molecule has 0 bridgehead atoms. The van der Waals surface area contributed by atoms with Crippen molar-refractivity contribution < 1.29 is 19.1 Å². The van der Waals surface area contributed by atoms with E-state index in [1.807, 2.05) is 6.92 Å². The Hall–Kier alpha value is -2.57. The quantitative estimate of drug-likeness (QED) is 0.870. The molecule has 2 rings (SSSR count). The summed E-state index contributed by atoms with van der Waals surface area (Å²) in [4.78, 5) is 23.0. The van der Waals surface area contributed by atoms with Crippen molar-refractivity contribution in [3.63, 3.8) is 0 Å². The topological polar surface area (TPSA) is 97.4 Å². The number of hydrogen-bond donors (Lipinski definition) is 2. The first-order valence-electron chi connectivity index (χ1n) is 6.55. The van der Waals surface area contributed by atoms with Crippen molar-refractivity contribution in [2.24, 2.45) is 7.05 Å². The summed E-state index contributed by atoms with van der Waals surface area (Å²) in [6.45, 7) is 3.63. The largest absolute Gasteiger partial charge is 0.478 e. The highest BCUT2D eigenvalue weighted by molar-refractivity contribution is 5.95.